The number of hydrogen-bond donors (Lipinski definition) is 2. The van der Waals surface area contributed by atoms with E-state index in [4.69, 9.17) is 16.3 Å². The van der Waals surface area contributed by atoms with Gasteiger partial charge in [0.05, 0.1) is 13.7 Å². The number of ether oxygens (including phenoxy) is 1. The molecule has 136 valence electrons. The Kier molecular flexibility index (Phi) is 5.63. The highest BCUT2D eigenvalue weighted by atomic mass is 35.5. The molecule has 3 amide bonds. The summed E-state index contributed by atoms with van der Waals surface area (Å²) in [5.74, 6) is 0.521. The van der Waals surface area contributed by atoms with E-state index < -0.39 is 6.04 Å². The van der Waals surface area contributed by atoms with Crippen molar-refractivity contribution in [3.05, 3.63) is 59.1 Å². The van der Waals surface area contributed by atoms with Crippen LogP contribution in [0.15, 0.2) is 48.5 Å². The molecule has 1 aliphatic heterocycles. The summed E-state index contributed by atoms with van der Waals surface area (Å²) in [6.07, 6.45) is 0.700. The maximum atomic E-state index is 12.3. The summed E-state index contributed by atoms with van der Waals surface area (Å²) in [6, 6.07) is 13.8. The molecule has 1 fully saturated rings. The highest BCUT2D eigenvalue weighted by molar-refractivity contribution is 6.30. The second-order valence-corrected chi connectivity index (χ2v) is 6.41. The molecule has 1 unspecified atom stereocenters. The van der Waals surface area contributed by atoms with Gasteiger partial charge in [-0.1, -0.05) is 23.7 Å². The number of halogens is 1. The Morgan fingerprint density at radius 1 is 1.23 bits per heavy atom. The molecule has 6 nitrogen and oxygen atoms in total. The number of rotatable bonds is 6. The molecule has 0 aliphatic carbocycles. The average molecular weight is 374 g/mol. The van der Waals surface area contributed by atoms with E-state index in [0.717, 1.165) is 11.3 Å². The zero-order chi connectivity index (χ0) is 18.5. The van der Waals surface area contributed by atoms with Gasteiger partial charge in [-0.25, -0.2) is 4.79 Å². The summed E-state index contributed by atoms with van der Waals surface area (Å²) in [5, 5.41) is 6.26. The molecule has 1 atom stereocenters. The van der Waals surface area contributed by atoms with Crippen molar-refractivity contribution >= 4 is 29.2 Å². The van der Waals surface area contributed by atoms with Crippen LogP contribution < -0.4 is 20.3 Å². The molecule has 2 aromatic carbocycles. The van der Waals surface area contributed by atoms with Crippen LogP contribution in [0.1, 0.15) is 5.56 Å². The van der Waals surface area contributed by atoms with E-state index in [0.29, 0.717) is 23.7 Å². The molecular weight excluding hydrogens is 354 g/mol. The largest absolute Gasteiger partial charge is 0.497 e. The maximum Gasteiger partial charge on any atom is 0.322 e. The van der Waals surface area contributed by atoms with Gasteiger partial charge in [0.1, 0.15) is 11.8 Å². The first-order valence-electron chi connectivity index (χ1n) is 8.31. The minimum Gasteiger partial charge on any atom is -0.497 e. The zero-order valence-electron chi connectivity index (χ0n) is 14.4. The van der Waals surface area contributed by atoms with Crippen molar-refractivity contribution in [1.82, 2.24) is 10.6 Å². The third-order valence-electron chi connectivity index (χ3n) is 4.23. The average Bonchev–Trinajstić information content (AvgIpc) is 3.05. The SMILES string of the molecule is COc1ccc(N2CC(C(=O)NCCc3ccc(Cl)cc3)NC2=O)cc1. The van der Waals surface area contributed by atoms with Crippen molar-refractivity contribution in [1.29, 1.82) is 0 Å². The summed E-state index contributed by atoms with van der Waals surface area (Å²) < 4.78 is 5.11. The Hall–Kier alpha value is -2.73. The number of carbonyl (C=O) groups excluding carboxylic acids is 2. The summed E-state index contributed by atoms with van der Waals surface area (Å²) in [6.45, 7) is 0.785. The number of carbonyl (C=O) groups is 2. The van der Waals surface area contributed by atoms with Crippen molar-refractivity contribution in [2.45, 2.75) is 12.5 Å². The minimum absolute atomic E-state index is 0.191. The maximum absolute atomic E-state index is 12.3. The van der Waals surface area contributed by atoms with Crippen LogP contribution in [0.5, 0.6) is 5.75 Å². The van der Waals surface area contributed by atoms with Crippen molar-refractivity contribution in [2.75, 3.05) is 25.1 Å². The van der Waals surface area contributed by atoms with Crippen LogP contribution >= 0.6 is 11.6 Å². The van der Waals surface area contributed by atoms with E-state index in [1.165, 1.54) is 0 Å². The van der Waals surface area contributed by atoms with Gasteiger partial charge >= 0.3 is 6.03 Å². The molecule has 0 aromatic heterocycles. The number of nitrogens with zero attached hydrogens (tertiary/aromatic N) is 1. The molecule has 2 N–H and O–H groups in total. The second-order valence-electron chi connectivity index (χ2n) is 5.98. The van der Waals surface area contributed by atoms with Gasteiger partial charge < -0.3 is 15.4 Å². The molecule has 26 heavy (non-hydrogen) atoms. The summed E-state index contributed by atoms with van der Waals surface area (Å²) in [4.78, 5) is 26.0. The first-order chi connectivity index (χ1) is 12.6. The normalized spacial score (nSPS) is 16.3. The molecule has 7 heteroatoms. The lowest BCUT2D eigenvalue weighted by molar-refractivity contribution is -0.122. The highest BCUT2D eigenvalue weighted by Gasteiger charge is 2.34. The van der Waals surface area contributed by atoms with E-state index in [2.05, 4.69) is 10.6 Å². The smallest absolute Gasteiger partial charge is 0.322 e. The number of amides is 3. The Morgan fingerprint density at radius 3 is 2.58 bits per heavy atom. The summed E-state index contributed by atoms with van der Waals surface area (Å²) in [7, 11) is 1.59. The van der Waals surface area contributed by atoms with E-state index in [9.17, 15) is 9.59 Å². The van der Waals surface area contributed by atoms with E-state index in [1.807, 2.05) is 24.3 Å². The fourth-order valence-corrected chi connectivity index (χ4v) is 2.90. The van der Waals surface area contributed by atoms with Crippen LogP contribution in [0.25, 0.3) is 0 Å². The van der Waals surface area contributed by atoms with Crippen molar-refractivity contribution in [3.63, 3.8) is 0 Å². The second kappa shape index (κ2) is 8.10. The number of urea groups is 1. The Labute approximate surface area is 157 Å². The first kappa shape index (κ1) is 18.1. The van der Waals surface area contributed by atoms with E-state index in [1.54, 1.807) is 36.3 Å². The quantitative estimate of drug-likeness (QED) is 0.817. The number of anilines is 1. The molecule has 1 saturated heterocycles. The van der Waals surface area contributed by atoms with Crippen molar-refractivity contribution in [3.8, 4) is 5.75 Å². The van der Waals surface area contributed by atoms with Gasteiger partial charge in [0.2, 0.25) is 5.91 Å². The fraction of sp³-hybridized carbons (Fsp3) is 0.263. The van der Waals surface area contributed by atoms with Gasteiger partial charge in [0, 0.05) is 17.3 Å². The molecule has 3 rings (SSSR count). The van der Waals surface area contributed by atoms with Crippen LogP contribution in [-0.2, 0) is 11.2 Å². The van der Waals surface area contributed by atoms with Gasteiger partial charge in [0.25, 0.3) is 0 Å². The Balaban J connectivity index is 1.52. The molecule has 2 aromatic rings. The molecule has 0 bridgehead atoms. The molecule has 0 spiro atoms. The van der Waals surface area contributed by atoms with Crippen LogP contribution in [0, 0.1) is 0 Å². The monoisotopic (exact) mass is 373 g/mol. The van der Waals surface area contributed by atoms with Crippen LogP contribution in [0.2, 0.25) is 5.02 Å². The predicted molar refractivity (Wildman–Crippen MR) is 101 cm³/mol. The zero-order valence-corrected chi connectivity index (χ0v) is 15.1. The standard InChI is InChI=1S/C19H20ClN3O3/c1-26-16-8-6-15(7-9-16)23-12-17(22-19(23)25)18(24)21-11-10-13-2-4-14(20)5-3-13/h2-9,17H,10-12H2,1H3,(H,21,24)(H,22,25). The minimum atomic E-state index is -0.574. The molecule has 0 radical (unpaired) electrons. The summed E-state index contributed by atoms with van der Waals surface area (Å²) >= 11 is 5.86. The fourth-order valence-electron chi connectivity index (χ4n) is 2.78. The molecular formula is C19H20ClN3O3. The van der Waals surface area contributed by atoms with Crippen LogP contribution in [0.3, 0.4) is 0 Å². The lowest BCUT2D eigenvalue weighted by Gasteiger charge is -2.15. The van der Waals surface area contributed by atoms with E-state index in [-0.39, 0.29) is 18.5 Å². The Morgan fingerprint density at radius 2 is 1.92 bits per heavy atom. The summed E-state index contributed by atoms with van der Waals surface area (Å²) in [5.41, 5.74) is 1.81. The number of nitrogens with one attached hydrogen (secondary N) is 2. The van der Waals surface area contributed by atoms with Crippen LogP contribution in [-0.4, -0.2) is 38.2 Å². The van der Waals surface area contributed by atoms with E-state index >= 15 is 0 Å². The molecule has 0 saturated carbocycles. The lowest BCUT2D eigenvalue weighted by Crippen LogP contribution is -2.43. The molecule has 1 heterocycles. The number of hydrogen-bond acceptors (Lipinski definition) is 3. The Bertz CT molecular complexity index is 778. The lowest BCUT2D eigenvalue weighted by atomic mass is 10.1. The third kappa shape index (κ3) is 4.26. The predicted octanol–water partition coefficient (Wildman–Crippen LogP) is 2.61. The first-order valence-corrected chi connectivity index (χ1v) is 8.69. The van der Waals surface area contributed by atoms with Crippen molar-refractivity contribution in [2.24, 2.45) is 0 Å². The van der Waals surface area contributed by atoms with Crippen LogP contribution in [0.4, 0.5) is 10.5 Å². The highest BCUT2D eigenvalue weighted by Crippen LogP contribution is 2.21. The van der Waals surface area contributed by atoms with Crippen molar-refractivity contribution < 1.29 is 14.3 Å². The van der Waals surface area contributed by atoms with Gasteiger partial charge in [-0.3, -0.25) is 9.69 Å². The topological polar surface area (TPSA) is 70.7 Å². The molecule has 1 aliphatic rings. The number of benzene rings is 2. The number of methoxy groups -OCH3 is 1. The third-order valence-corrected chi connectivity index (χ3v) is 4.49. The van der Waals surface area contributed by atoms with Gasteiger partial charge in [-0.2, -0.15) is 0 Å². The van der Waals surface area contributed by atoms with Gasteiger partial charge in [-0.05, 0) is 48.4 Å². The van der Waals surface area contributed by atoms with Gasteiger partial charge in [0.15, 0.2) is 0 Å². The van der Waals surface area contributed by atoms with Gasteiger partial charge in [-0.15, -0.1) is 0 Å².